The molecular formula is C22H26N2O2. The van der Waals surface area contributed by atoms with E-state index < -0.39 is 0 Å². The van der Waals surface area contributed by atoms with Crippen LogP contribution in [0.4, 0.5) is 0 Å². The number of hydrogen-bond acceptors (Lipinski definition) is 2. The van der Waals surface area contributed by atoms with Crippen LogP contribution in [0.25, 0.3) is 0 Å². The smallest absolute Gasteiger partial charge is 0.225 e. The lowest BCUT2D eigenvalue weighted by atomic mass is 10.0. The number of nitrogens with one attached hydrogen (secondary N) is 1. The zero-order chi connectivity index (χ0) is 18.5. The van der Waals surface area contributed by atoms with Crippen molar-refractivity contribution in [2.75, 3.05) is 6.54 Å². The fourth-order valence-corrected chi connectivity index (χ4v) is 3.26. The molecule has 1 aliphatic rings. The Bertz CT molecular complexity index is 753. The van der Waals surface area contributed by atoms with Crippen molar-refractivity contribution in [1.29, 1.82) is 0 Å². The van der Waals surface area contributed by atoms with Gasteiger partial charge in [-0.05, 0) is 22.6 Å². The van der Waals surface area contributed by atoms with Gasteiger partial charge in [0, 0.05) is 26.1 Å². The minimum Gasteiger partial charge on any atom is -0.352 e. The summed E-state index contributed by atoms with van der Waals surface area (Å²) in [6.07, 6.45) is 0.297. The maximum Gasteiger partial charge on any atom is 0.225 e. The summed E-state index contributed by atoms with van der Waals surface area (Å²) in [5, 5.41) is 2.98. The molecule has 1 aliphatic heterocycles. The Morgan fingerprint density at radius 1 is 1.08 bits per heavy atom. The van der Waals surface area contributed by atoms with Crippen molar-refractivity contribution >= 4 is 11.8 Å². The fraction of sp³-hybridized carbons (Fsp3) is 0.364. The van der Waals surface area contributed by atoms with Gasteiger partial charge in [-0.15, -0.1) is 0 Å². The van der Waals surface area contributed by atoms with E-state index in [-0.39, 0.29) is 17.7 Å². The Balaban J connectivity index is 1.51. The molecule has 2 amide bonds. The zero-order valence-electron chi connectivity index (χ0n) is 15.4. The lowest BCUT2D eigenvalue weighted by Crippen LogP contribution is -2.32. The summed E-state index contributed by atoms with van der Waals surface area (Å²) in [6, 6.07) is 18.2. The van der Waals surface area contributed by atoms with Crippen LogP contribution >= 0.6 is 0 Å². The van der Waals surface area contributed by atoms with Crippen molar-refractivity contribution in [3.8, 4) is 0 Å². The first-order valence-corrected chi connectivity index (χ1v) is 9.21. The molecule has 1 N–H and O–H groups in total. The number of likely N-dealkylation sites (tertiary alicyclic amines) is 1. The van der Waals surface area contributed by atoms with Gasteiger partial charge in [0.15, 0.2) is 0 Å². The number of nitrogens with zero attached hydrogens (tertiary/aromatic N) is 1. The van der Waals surface area contributed by atoms with Crippen molar-refractivity contribution in [1.82, 2.24) is 10.2 Å². The molecule has 136 valence electrons. The van der Waals surface area contributed by atoms with Gasteiger partial charge in [-0.2, -0.15) is 0 Å². The first-order chi connectivity index (χ1) is 12.5. The summed E-state index contributed by atoms with van der Waals surface area (Å²) in [4.78, 5) is 26.4. The van der Waals surface area contributed by atoms with E-state index in [1.54, 1.807) is 4.90 Å². The van der Waals surface area contributed by atoms with E-state index in [4.69, 9.17) is 0 Å². The first-order valence-electron chi connectivity index (χ1n) is 9.21. The molecule has 0 unspecified atom stereocenters. The predicted octanol–water partition coefficient (Wildman–Crippen LogP) is 3.47. The van der Waals surface area contributed by atoms with Gasteiger partial charge in [-0.1, -0.05) is 68.4 Å². The lowest BCUT2D eigenvalue weighted by Gasteiger charge is -2.16. The van der Waals surface area contributed by atoms with Crippen LogP contribution in [-0.2, 0) is 22.7 Å². The maximum absolute atomic E-state index is 12.4. The second-order valence-corrected chi connectivity index (χ2v) is 7.27. The quantitative estimate of drug-likeness (QED) is 0.867. The van der Waals surface area contributed by atoms with Gasteiger partial charge in [0.1, 0.15) is 0 Å². The average molecular weight is 350 g/mol. The molecule has 1 fully saturated rings. The Labute approximate surface area is 155 Å². The van der Waals surface area contributed by atoms with E-state index in [9.17, 15) is 9.59 Å². The third kappa shape index (κ3) is 4.51. The molecule has 0 aliphatic carbocycles. The van der Waals surface area contributed by atoms with Crippen LogP contribution in [-0.4, -0.2) is 23.3 Å². The number of carbonyl (C=O) groups excluding carboxylic acids is 2. The molecule has 1 saturated heterocycles. The number of carbonyl (C=O) groups is 2. The van der Waals surface area contributed by atoms with E-state index in [0.29, 0.717) is 32.0 Å². The minimum absolute atomic E-state index is 0.0400. The summed E-state index contributed by atoms with van der Waals surface area (Å²) < 4.78 is 0. The predicted molar refractivity (Wildman–Crippen MR) is 102 cm³/mol. The molecule has 2 aromatic carbocycles. The number of benzene rings is 2. The van der Waals surface area contributed by atoms with E-state index >= 15 is 0 Å². The molecule has 4 nitrogen and oxygen atoms in total. The highest BCUT2D eigenvalue weighted by atomic mass is 16.2. The van der Waals surface area contributed by atoms with E-state index in [1.165, 1.54) is 5.56 Å². The molecule has 0 spiro atoms. The highest BCUT2D eigenvalue weighted by molar-refractivity contribution is 5.89. The largest absolute Gasteiger partial charge is 0.352 e. The van der Waals surface area contributed by atoms with E-state index in [0.717, 1.165) is 11.1 Å². The molecule has 2 aromatic rings. The third-order valence-corrected chi connectivity index (χ3v) is 4.91. The molecule has 0 radical (unpaired) electrons. The fourth-order valence-electron chi connectivity index (χ4n) is 3.26. The normalized spacial score (nSPS) is 17.0. The number of hydrogen-bond donors (Lipinski definition) is 1. The van der Waals surface area contributed by atoms with Crippen LogP contribution in [0.15, 0.2) is 54.6 Å². The topological polar surface area (TPSA) is 49.4 Å². The van der Waals surface area contributed by atoms with Gasteiger partial charge in [-0.25, -0.2) is 0 Å². The Morgan fingerprint density at radius 2 is 1.77 bits per heavy atom. The second-order valence-electron chi connectivity index (χ2n) is 7.27. The van der Waals surface area contributed by atoms with Crippen LogP contribution in [0.3, 0.4) is 0 Å². The van der Waals surface area contributed by atoms with Crippen LogP contribution < -0.4 is 5.32 Å². The summed E-state index contributed by atoms with van der Waals surface area (Å²) >= 11 is 0. The van der Waals surface area contributed by atoms with Gasteiger partial charge < -0.3 is 10.2 Å². The molecular weight excluding hydrogens is 324 g/mol. The van der Waals surface area contributed by atoms with E-state index in [2.05, 4.69) is 43.4 Å². The van der Waals surface area contributed by atoms with Crippen LogP contribution in [0, 0.1) is 5.92 Å². The summed E-state index contributed by atoms with van der Waals surface area (Å²) in [7, 11) is 0. The third-order valence-electron chi connectivity index (χ3n) is 4.91. The molecule has 26 heavy (non-hydrogen) atoms. The molecule has 3 rings (SSSR count). The molecule has 1 heterocycles. The van der Waals surface area contributed by atoms with Crippen LogP contribution in [0.1, 0.15) is 42.9 Å². The van der Waals surface area contributed by atoms with Crippen LogP contribution in [0.5, 0.6) is 0 Å². The maximum atomic E-state index is 12.4. The number of rotatable bonds is 6. The standard InChI is InChI=1S/C22H26N2O2/c1-16(2)19-10-8-17(9-11-19)13-23-22(26)20-12-21(25)24(15-20)14-18-6-4-3-5-7-18/h3-11,16,20H,12-15H2,1-2H3,(H,23,26)/t20-/m0/s1. The van der Waals surface area contributed by atoms with E-state index in [1.807, 2.05) is 30.3 Å². The minimum atomic E-state index is -0.263. The molecule has 0 saturated carbocycles. The molecule has 0 bridgehead atoms. The van der Waals surface area contributed by atoms with Crippen molar-refractivity contribution < 1.29 is 9.59 Å². The average Bonchev–Trinajstić information content (AvgIpc) is 3.01. The Morgan fingerprint density at radius 3 is 2.42 bits per heavy atom. The lowest BCUT2D eigenvalue weighted by molar-refractivity contribution is -0.129. The summed E-state index contributed by atoms with van der Waals surface area (Å²) in [6.45, 7) is 5.89. The van der Waals surface area contributed by atoms with Crippen molar-refractivity contribution in [3.05, 3.63) is 71.3 Å². The molecule has 4 heteroatoms. The van der Waals surface area contributed by atoms with Crippen molar-refractivity contribution in [2.24, 2.45) is 5.92 Å². The number of amides is 2. The van der Waals surface area contributed by atoms with Crippen molar-refractivity contribution in [2.45, 2.75) is 39.3 Å². The van der Waals surface area contributed by atoms with Crippen LogP contribution in [0.2, 0.25) is 0 Å². The SMILES string of the molecule is CC(C)c1ccc(CNC(=O)[C@H]2CC(=O)N(Cc3ccccc3)C2)cc1. The monoisotopic (exact) mass is 350 g/mol. The van der Waals surface area contributed by atoms with Gasteiger partial charge >= 0.3 is 0 Å². The highest BCUT2D eigenvalue weighted by Crippen LogP contribution is 2.21. The summed E-state index contributed by atoms with van der Waals surface area (Å²) in [5.74, 6) is 0.247. The molecule has 1 atom stereocenters. The van der Waals surface area contributed by atoms with Gasteiger partial charge in [0.2, 0.25) is 11.8 Å². The molecule has 0 aromatic heterocycles. The second kappa shape index (κ2) is 8.17. The summed E-state index contributed by atoms with van der Waals surface area (Å²) in [5.41, 5.74) is 3.46. The van der Waals surface area contributed by atoms with Crippen molar-refractivity contribution in [3.63, 3.8) is 0 Å². The highest BCUT2D eigenvalue weighted by Gasteiger charge is 2.34. The van der Waals surface area contributed by atoms with Gasteiger partial charge in [-0.3, -0.25) is 9.59 Å². The van der Waals surface area contributed by atoms with Gasteiger partial charge in [0.25, 0.3) is 0 Å². The first kappa shape index (κ1) is 18.2. The Kier molecular flexibility index (Phi) is 5.71. The zero-order valence-corrected chi connectivity index (χ0v) is 15.4. The Hall–Kier alpha value is -2.62. The van der Waals surface area contributed by atoms with Gasteiger partial charge in [0.05, 0.1) is 5.92 Å².